The summed E-state index contributed by atoms with van der Waals surface area (Å²) in [5.74, 6) is 1.93. The molecule has 0 fully saturated rings. The van der Waals surface area contributed by atoms with E-state index < -0.39 is 0 Å². The Bertz CT molecular complexity index is 2970. The summed E-state index contributed by atoms with van der Waals surface area (Å²) in [6.45, 7) is 0. The van der Waals surface area contributed by atoms with Gasteiger partial charge < -0.3 is 0 Å². The summed E-state index contributed by atoms with van der Waals surface area (Å²) in [7, 11) is 0. The van der Waals surface area contributed by atoms with E-state index in [4.69, 9.17) is 15.0 Å². The van der Waals surface area contributed by atoms with E-state index >= 15 is 0 Å². The van der Waals surface area contributed by atoms with Crippen molar-refractivity contribution in [1.29, 1.82) is 0 Å². The molecule has 0 spiro atoms. The van der Waals surface area contributed by atoms with E-state index in [1.165, 1.54) is 43.6 Å². The molecule has 0 aliphatic heterocycles. The number of fused-ring (bicyclic) bond motifs is 5. The molecular weight excluding hydrogens is 631 g/mol. The quantitative estimate of drug-likeness (QED) is 0.172. The first-order valence-corrected chi connectivity index (χ1v) is 17.6. The molecule has 3 heteroatoms. The second-order valence-corrected chi connectivity index (χ2v) is 13.3. The Morgan fingerprint density at radius 2 is 0.769 bits per heavy atom. The van der Waals surface area contributed by atoms with Crippen LogP contribution in [-0.4, -0.2) is 15.0 Å². The summed E-state index contributed by atoms with van der Waals surface area (Å²) in [5.41, 5.74) is 7.52. The molecule has 10 aromatic rings. The average molecular weight is 662 g/mol. The van der Waals surface area contributed by atoms with Crippen molar-refractivity contribution in [3.63, 3.8) is 0 Å². The Morgan fingerprint density at radius 3 is 1.56 bits per heavy atom. The zero-order valence-corrected chi connectivity index (χ0v) is 28.2. The number of aromatic nitrogens is 3. The molecule has 0 aliphatic carbocycles. The van der Waals surface area contributed by atoms with Crippen molar-refractivity contribution in [3.8, 4) is 56.4 Å². The topological polar surface area (TPSA) is 38.7 Å². The zero-order chi connectivity index (χ0) is 34.4. The standard InChI is InChI=1S/C49H31N3/c1-2-13-32(14-3-1)40-29-35-17-6-9-22-42(35)45(31-40)36-19-12-20-38(28-36)47-50-48(39-26-25-33-15-4-5-16-34(33)27-39)52-49(51-47)46-30-37-18-7-8-21-41(37)43-23-10-11-24-44(43)46/h1-31H. The summed E-state index contributed by atoms with van der Waals surface area (Å²) >= 11 is 0. The predicted octanol–water partition coefficient (Wildman–Crippen LogP) is 12.8. The third-order valence-electron chi connectivity index (χ3n) is 10.1. The molecule has 9 aromatic carbocycles. The lowest BCUT2D eigenvalue weighted by Crippen LogP contribution is -2.01. The fourth-order valence-corrected chi connectivity index (χ4v) is 7.49. The molecule has 0 N–H and O–H groups in total. The third-order valence-corrected chi connectivity index (χ3v) is 10.1. The van der Waals surface area contributed by atoms with Gasteiger partial charge in [0.05, 0.1) is 0 Å². The molecule has 0 saturated carbocycles. The Labute approximate surface area is 301 Å². The number of nitrogens with zero attached hydrogens (tertiary/aromatic N) is 3. The molecule has 0 saturated heterocycles. The van der Waals surface area contributed by atoms with Crippen molar-refractivity contribution in [2.45, 2.75) is 0 Å². The minimum absolute atomic E-state index is 0.635. The van der Waals surface area contributed by atoms with Crippen LogP contribution in [0.4, 0.5) is 0 Å². The van der Waals surface area contributed by atoms with E-state index in [-0.39, 0.29) is 0 Å². The Balaban J connectivity index is 1.20. The molecule has 242 valence electrons. The summed E-state index contributed by atoms with van der Waals surface area (Å²) in [5, 5.41) is 9.38. The highest BCUT2D eigenvalue weighted by molar-refractivity contribution is 6.13. The van der Waals surface area contributed by atoms with Gasteiger partial charge in [0.25, 0.3) is 0 Å². The monoisotopic (exact) mass is 661 g/mol. The van der Waals surface area contributed by atoms with Gasteiger partial charge in [-0.3, -0.25) is 0 Å². The van der Waals surface area contributed by atoms with Gasteiger partial charge >= 0.3 is 0 Å². The SMILES string of the molecule is c1ccc(-c2cc(-c3cccc(-c4nc(-c5ccc6ccccc6c5)nc(-c5cc6ccccc6c6ccccc56)n4)c3)c3ccccc3c2)cc1. The van der Waals surface area contributed by atoms with Crippen molar-refractivity contribution in [3.05, 3.63) is 188 Å². The maximum atomic E-state index is 5.26. The molecule has 0 amide bonds. The van der Waals surface area contributed by atoms with Crippen molar-refractivity contribution < 1.29 is 0 Å². The third kappa shape index (κ3) is 5.28. The summed E-state index contributed by atoms with van der Waals surface area (Å²) < 4.78 is 0. The van der Waals surface area contributed by atoms with Crippen LogP contribution < -0.4 is 0 Å². The second-order valence-electron chi connectivity index (χ2n) is 13.3. The minimum Gasteiger partial charge on any atom is -0.208 e. The molecule has 0 bridgehead atoms. The van der Waals surface area contributed by atoms with E-state index in [0.29, 0.717) is 17.5 Å². The molecule has 52 heavy (non-hydrogen) atoms. The van der Waals surface area contributed by atoms with Gasteiger partial charge in [-0.25, -0.2) is 15.0 Å². The van der Waals surface area contributed by atoms with Gasteiger partial charge in [0.15, 0.2) is 17.5 Å². The first kappa shape index (κ1) is 29.9. The summed E-state index contributed by atoms with van der Waals surface area (Å²) in [6.07, 6.45) is 0. The number of hydrogen-bond acceptors (Lipinski definition) is 3. The fourth-order valence-electron chi connectivity index (χ4n) is 7.49. The van der Waals surface area contributed by atoms with E-state index in [1.54, 1.807) is 0 Å². The average Bonchev–Trinajstić information content (AvgIpc) is 3.23. The van der Waals surface area contributed by atoms with Crippen LogP contribution in [-0.2, 0) is 0 Å². The zero-order valence-electron chi connectivity index (χ0n) is 28.2. The highest BCUT2D eigenvalue weighted by Crippen LogP contribution is 2.38. The Kier molecular flexibility index (Phi) is 7.14. The van der Waals surface area contributed by atoms with E-state index in [2.05, 4.69) is 188 Å². The maximum Gasteiger partial charge on any atom is 0.164 e. The van der Waals surface area contributed by atoms with E-state index in [1.807, 2.05) is 0 Å². The van der Waals surface area contributed by atoms with E-state index in [0.717, 1.165) is 38.4 Å². The van der Waals surface area contributed by atoms with Gasteiger partial charge in [0, 0.05) is 16.7 Å². The molecule has 3 nitrogen and oxygen atoms in total. The summed E-state index contributed by atoms with van der Waals surface area (Å²) in [6, 6.07) is 66.5. The van der Waals surface area contributed by atoms with Gasteiger partial charge in [-0.1, -0.05) is 158 Å². The number of benzene rings is 9. The highest BCUT2D eigenvalue weighted by Gasteiger charge is 2.17. The lowest BCUT2D eigenvalue weighted by Gasteiger charge is -2.14. The van der Waals surface area contributed by atoms with Crippen LogP contribution >= 0.6 is 0 Å². The highest BCUT2D eigenvalue weighted by atomic mass is 15.0. The van der Waals surface area contributed by atoms with Crippen molar-refractivity contribution in [1.82, 2.24) is 15.0 Å². The number of rotatable bonds is 5. The Hall–Kier alpha value is -6.97. The van der Waals surface area contributed by atoms with Crippen LogP contribution in [0.5, 0.6) is 0 Å². The van der Waals surface area contributed by atoms with Crippen LogP contribution in [0, 0.1) is 0 Å². The molecule has 1 heterocycles. The first-order valence-electron chi connectivity index (χ1n) is 17.6. The van der Waals surface area contributed by atoms with Crippen LogP contribution in [0.25, 0.3) is 99.5 Å². The lowest BCUT2D eigenvalue weighted by atomic mass is 9.92. The smallest absolute Gasteiger partial charge is 0.164 e. The van der Waals surface area contributed by atoms with Gasteiger partial charge in [-0.15, -0.1) is 0 Å². The first-order chi connectivity index (χ1) is 25.7. The lowest BCUT2D eigenvalue weighted by molar-refractivity contribution is 1.08. The summed E-state index contributed by atoms with van der Waals surface area (Å²) in [4.78, 5) is 15.7. The van der Waals surface area contributed by atoms with Crippen LogP contribution in [0.1, 0.15) is 0 Å². The normalized spacial score (nSPS) is 11.5. The second kappa shape index (κ2) is 12.4. The van der Waals surface area contributed by atoms with Crippen molar-refractivity contribution in [2.24, 2.45) is 0 Å². The van der Waals surface area contributed by atoms with Crippen LogP contribution in [0.3, 0.4) is 0 Å². The molecule has 10 rings (SSSR count). The molecule has 0 unspecified atom stereocenters. The van der Waals surface area contributed by atoms with E-state index in [9.17, 15) is 0 Å². The van der Waals surface area contributed by atoms with Gasteiger partial charge in [-0.2, -0.15) is 0 Å². The van der Waals surface area contributed by atoms with Gasteiger partial charge in [0.1, 0.15) is 0 Å². The Morgan fingerprint density at radius 1 is 0.231 bits per heavy atom. The van der Waals surface area contributed by atoms with Gasteiger partial charge in [-0.05, 0) is 95.7 Å². The molecular formula is C49H31N3. The molecule has 0 atom stereocenters. The van der Waals surface area contributed by atoms with Crippen LogP contribution in [0.2, 0.25) is 0 Å². The molecule has 0 aliphatic rings. The predicted molar refractivity (Wildman–Crippen MR) is 217 cm³/mol. The fraction of sp³-hybridized carbons (Fsp3) is 0. The van der Waals surface area contributed by atoms with Gasteiger partial charge in [0.2, 0.25) is 0 Å². The molecule has 0 radical (unpaired) electrons. The number of hydrogen-bond donors (Lipinski definition) is 0. The van der Waals surface area contributed by atoms with Crippen molar-refractivity contribution >= 4 is 43.1 Å². The molecule has 1 aromatic heterocycles. The maximum absolute atomic E-state index is 5.26. The minimum atomic E-state index is 0.635. The van der Waals surface area contributed by atoms with Crippen LogP contribution in [0.15, 0.2) is 188 Å². The largest absolute Gasteiger partial charge is 0.208 e. The van der Waals surface area contributed by atoms with Crippen molar-refractivity contribution in [2.75, 3.05) is 0 Å².